The van der Waals surface area contributed by atoms with Crippen molar-refractivity contribution in [1.82, 2.24) is 9.88 Å². The van der Waals surface area contributed by atoms with E-state index in [0.29, 0.717) is 0 Å². The molecule has 22 heavy (non-hydrogen) atoms. The molecule has 0 spiro atoms. The van der Waals surface area contributed by atoms with Crippen molar-refractivity contribution in [2.45, 2.75) is 51.7 Å². The first-order chi connectivity index (χ1) is 10.9. The lowest BCUT2D eigenvalue weighted by molar-refractivity contribution is 0.524. The van der Waals surface area contributed by atoms with Gasteiger partial charge in [0.25, 0.3) is 0 Å². The predicted molar refractivity (Wildman–Crippen MR) is 94.2 cm³/mol. The maximum Gasteiger partial charge on any atom is 0.0491 e. The number of aromatic nitrogens is 1. The Morgan fingerprint density at radius 3 is 2.59 bits per heavy atom. The van der Waals surface area contributed by atoms with Crippen molar-refractivity contribution in [2.24, 2.45) is 0 Å². The molecule has 4 rings (SSSR count). The highest BCUT2D eigenvalue weighted by Crippen LogP contribution is 2.29. The maximum absolute atomic E-state index is 3.72. The minimum absolute atomic E-state index is 0.729. The second-order valence-electron chi connectivity index (χ2n) is 6.48. The van der Waals surface area contributed by atoms with Crippen molar-refractivity contribution in [1.29, 1.82) is 0 Å². The zero-order valence-electron chi connectivity index (χ0n) is 13.3. The first kappa shape index (κ1) is 13.8. The average molecular weight is 292 g/mol. The van der Waals surface area contributed by atoms with Gasteiger partial charge < -0.3 is 9.88 Å². The monoisotopic (exact) mass is 292 g/mol. The van der Waals surface area contributed by atoms with Crippen molar-refractivity contribution < 1.29 is 0 Å². The van der Waals surface area contributed by atoms with E-state index in [1.54, 1.807) is 0 Å². The van der Waals surface area contributed by atoms with Crippen LogP contribution in [0.5, 0.6) is 0 Å². The molecule has 2 aromatic carbocycles. The number of rotatable bonds is 4. The van der Waals surface area contributed by atoms with Crippen LogP contribution in [-0.4, -0.2) is 10.6 Å². The summed E-state index contributed by atoms with van der Waals surface area (Å²) in [5.41, 5.74) is 4.10. The molecule has 0 amide bonds. The second kappa shape index (κ2) is 5.77. The molecule has 1 saturated carbocycles. The molecule has 0 aliphatic heterocycles. The predicted octanol–water partition coefficient (Wildman–Crippen LogP) is 4.85. The molecule has 2 nitrogen and oxygen atoms in total. The van der Waals surface area contributed by atoms with Crippen LogP contribution in [0.4, 0.5) is 0 Å². The van der Waals surface area contributed by atoms with E-state index in [9.17, 15) is 0 Å². The molecule has 2 heteroatoms. The summed E-state index contributed by atoms with van der Waals surface area (Å²) in [6, 6.07) is 16.5. The highest BCUT2D eigenvalue weighted by atomic mass is 15.0. The Hall–Kier alpha value is -1.80. The highest BCUT2D eigenvalue weighted by molar-refractivity contribution is 6.08. The molecule has 1 heterocycles. The summed E-state index contributed by atoms with van der Waals surface area (Å²) in [4.78, 5) is 0. The van der Waals surface area contributed by atoms with Crippen LogP contribution in [0.25, 0.3) is 21.8 Å². The van der Waals surface area contributed by atoms with E-state index in [-0.39, 0.29) is 0 Å². The van der Waals surface area contributed by atoms with Crippen molar-refractivity contribution >= 4 is 21.8 Å². The van der Waals surface area contributed by atoms with Gasteiger partial charge in [-0.05, 0) is 43.5 Å². The van der Waals surface area contributed by atoms with Gasteiger partial charge >= 0.3 is 0 Å². The number of fused-ring (bicyclic) bond motifs is 3. The molecule has 114 valence electrons. The molecule has 1 N–H and O–H groups in total. The standard InChI is InChI=1S/C20H24N2/c1-2-22-19-10-6-5-9-17(19)18-13-15(11-12-20(18)22)14-21-16-7-3-4-8-16/h5-6,9-13,16,21H,2-4,7-8,14H2,1H3. The van der Waals surface area contributed by atoms with Gasteiger partial charge in [-0.15, -0.1) is 0 Å². The van der Waals surface area contributed by atoms with Crippen molar-refractivity contribution in [3.8, 4) is 0 Å². The van der Waals surface area contributed by atoms with E-state index in [4.69, 9.17) is 0 Å². The van der Waals surface area contributed by atoms with E-state index >= 15 is 0 Å². The van der Waals surface area contributed by atoms with Crippen molar-refractivity contribution in [3.05, 3.63) is 48.0 Å². The van der Waals surface area contributed by atoms with Crippen molar-refractivity contribution in [3.63, 3.8) is 0 Å². The van der Waals surface area contributed by atoms with Gasteiger partial charge in [0.15, 0.2) is 0 Å². The van der Waals surface area contributed by atoms with Gasteiger partial charge in [-0.2, -0.15) is 0 Å². The maximum atomic E-state index is 3.72. The largest absolute Gasteiger partial charge is 0.341 e. The summed E-state index contributed by atoms with van der Waals surface area (Å²) in [6.45, 7) is 4.23. The lowest BCUT2D eigenvalue weighted by Gasteiger charge is -2.12. The molecular formula is C20H24N2. The minimum Gasteiger partial charge on any atom is -0.341 e. The van der Waals surface area contributed by atoms with Crippen molar-refractivity contribution in [2.75, 3.05) is 0 Å². The van der Waals surface area contributed by atoms with Crippen LogP contribution in [0.3, 0.4) is 0 Å². The SMILES string of the molecule is CCn1c2ccccc2c2cc(CNC3CCCC3)ccc21. The molecule has 0 radical (unpaired) electrons. The highest BCUT2D eigenvalue weighted by Gasteiger charge is 2.14. The summed E-state index contributed by atoms with van der Waals surface area (Å²) in [6.07, 6.45) is 5.47. The van der Waals surface area contributed by atoms with E-state index in [1.165, 1.54) is 53.1 Å². The van der Waals surface area contributed by atoms with Crippen LogP contribution < -0.4 is 5.32 Å². The molecule has 3 aromatic rings. The molecule has 0 unspecified atom stereocenters. The first-order valence-corrected chi connectivity index (χ1v) is 8.60. The topological polar surface area (TPSA) is 17.0 Å². The van der Waals surface area contributed by atoms with E-state index in [0.717, 1.165) is 19.1 Å². The number of aryl methyl sites for hydroxylation is 1. The Balaban J connectivity index is 1.71. The molecule has 1 fully saturated rings. The summed E-state index contributed by atoms with van der Waals surface area (Å²) in [7, 11) is 0. The third kappa shape index (κ3) is 2.32. The fraction of sp³-hybridized carbons (Fsp3) is 0.400. The minimum atomic E-state index is 0.729. The number of hydrogen-bond donors (Lipinski definition) is 1. The van der Waals surface area contributed by atoms with Gasteiger partial charge in [-0.1, -0.05) is 37.1 Å². The Morgan fingerprint density at radius 1 is 1.00 bits per heavy atom. The van der Waals surface area contributed by atoms with Crippen LogP contribution in [0, 0.1) is 0 Å². The summed E-state index contributed by atoms with van der Waals surface area (Å²) in [5.74, 6) is 0. The molecule has 1 aliphatic carbocycles. The number of hydrogen-bond acceptors (Lipinski definition) is 1. The molecule has 1 aromatic heterocycles. The van der Waals surface area contributed by atoms with Crippen LogP contribution in [-0.2, 0) is 13.1 Å². The number of benzene rings is 2. The van der Waals surface area contributed by atoms with Gasteiger partial charge in [0.05, 0.1) is 0 Å². The van der Waals surface area contributed by atoms with Gasteiger partial charge in [0.1, 0.15) is 0 Å². The average Bonchev–Trinajstić information content (AvgIpc) is 3.18. The summed E-state index contributed by atoms with van der Waals surface area (Å²) >= 11 is 0. The smallest absolute Gasteiger partial charge is 0.0491 e. The number of nitrogens with zero attached hydrogens (tertiary/aromatic N) is 1. The summed E-state index contributed by atoms with van der Waals surface area (Å²) < 4.78 is 2.42. The third-order valence-electron chi connectivity index (χ3n) is 5.10. The zero-order valence-corrected chi connectivity index (χ0v) is 13.3. The van der Waals surface area contributed by atoms with Gasteiger partial charge in [0.2, 0.25) is 0 Å². The Kier molecular flexibility index (Phi) is 3.63. The van der Waals surface area contributed by atoms with Gasteiger partial charge in [0, 0.05) is 40.9 Å². The molecular weight excluding hydrogens is 268 g/mol. The van der Waals surface area contributed by atoms with Crippen LogP contribution in [0.15, 0.2) is 42.5 Å². The van der Waals surface area contributed by atoms with E-state index in [2.05, 4.69) is 59.3 Å². The Morgan fingerprint density at radius 2 is 1.77 bits per heavy atom. The lowest BCUT2D eigenvalue weighted by atomic mass is 10.1. The molecule has 0 saturated heterocycles. The lowest BCUT2D eigenvalue weighted by Crippen LogP contribution is -2.25. The first-order valence-electron chi connectivity index (χ1n) is 8.60. The quantitative estimate of drug-likeness (QED) is 0.727. The molecule has 0 bridgehead atoms. The third-order valence-corrected chi connectivity index (χ3v) is 5.10. The van der Waals surface area contributed by atoms with E-state index in [1.807, 2.05) is 0 Å². The van der Waals surface area contributed by atoms with Crippen LogP contribution >= 0.6 is 0 Å². The van der Waals surface area contributed by atoms with E-state index < -0.39 is 0 Å². The van der Waals surface area contributed by atoms with Crippen LogP contribution in [0.1, 0.15) is 38.2 Å². The zero-order chi connectivity index (χ0) is 14.9. The molecule has 0 atom stereocenters. The normalized spacial score (nSPS) is 16.0. The number of para-hydroxylation sites is 1. The van der Waals surface area contributed by atoms with Crippen LogP contribution in [0.2, 0.25) is 0 Å². The Bertz CT molecular complexity index is 794. The summed E-state index contributed by atoms with van der Waals surface area (Å²) in [5, 5.41) is 6.49. The van der Waals surface area contributed by atoms with Gasteiger partial charge in [-0.3, -0.25) is 0 Å². The molecule has 1 aliphatic rings. The van der Waals surface area contributed by atoms with Gasteiger partial charge in [-0.25, -0.2) is 0 Å². The fourth-order valence-electron chi connectivity index (χ4n) is 3.94. The number of nitrogens with one attached hydrogen (secondary N) is 1. The Labute approximate surface area is 132 Å². The second-order valence-corrected chi connectivity index (χ2v) is 6.48. The fourth-order valence-corrected chi connectivity index (χ4v) is 3.94.